The molecule has 0 saturated heterocycles. The Hall–Kier alpha value is -4.34. The second kappa shape index (κ2) is 20.8. The van der Waals surface area contributed by atoms with E-state index >= 15 is 0 Å². The number of hydrogen-bond acceptors (Lipinski definition) is 17. The Kier molecular flexibility index (Phi) is 16.2. The van der Waals surface area contributed by atoms with Crippen LogP contribution >= 0.6 is 45.6 Å². The number of halogens is 1. The van der Waals surface area contributed by atoms with Gasteiger partial charge in [-0.05, 0) is 30.3 Å². The van der Waals surface area contributed by atoms with Gasteiger partial charge in [-0.3, -0.25) is 20.2 Å². The Morgan fingerprint density at radius 1 is 0.623 bits per heavy atom. The van der Waals surface area contributed by atoms with Gasteiger partial charge in [0.15, 0.2) is 14.7 Å². The first-order valence-corrected chi connectivity index (χ1v) is 18.8. The molecule has 0 spiro atoms. The van der Waals surface area contributed by atoms with Crippen LogP contribution in [0.4, 0.5) is 27.3 Å². The summed E-state index contributed by atoms with van der Waals surface area (Å²) < 4.78 is 23.5. The number of ether oxygens (including phenoxy) is 4. The molecule has 0 aliphatic heterocycles. The number of hydrogen-bond donors (Lipinski definition) is 1. The summed E-state index contributed by atoms with van der Waals surface area (Å²) in [6.45, 7) is 5.50. The van der Waals surface area contributed by atoms with E-state index in [1.54, 1.807) is 58.0 Å². The second-order valence-corrected chi connectivity index (χ2v) is 14.6. The average molecular weight is 807 g/mol. The van der Waals surface area contributed by atoms with Crippen LogP contribution in [0.15, 0.2) is 54.6 Å². The SMILES string of the molecule is COCCN(CCOC)c1nc2ccc(N)cc2s1.COCCN(CCOC)c1nc2ccc([N+](=O)[O-])cc2s1.O=[N+]([O-])c1ccc2nc(Cl)sc2c1. The maximum atomic E-state index is 10.8. The van der Waals surface area contributed by atoms with Crippen LogP contribution in [0.1, 0.15) is 0 Å². The minimum absolute atomic E-state index is 0.0628. The molecule has 2 N–H and O–H groups in total. The first-order chi connectivity index (χ1) is 25.6. The summed E-state index contributed by atoms with van der Waals surface area (Å²) in [6.07, 6.45) is 0. The Morgan fingerprint density at radius 2 is 1.00 bits per heavy atom. The van der Waals surface area contributed by atoms with Crippen molar-refractivity contribution in [3.63, 3.8) is 0 Å². The molecule has 6 rings (SSSR count). The molecule has 20 heteroatoms. The van der Waals surface area contributed by atoms with Crippen LogP contribution in [0.2, 0.25) is 4.47 Å². The Labute approximate surface area is 321 Å². The number of methoxy groups -OCH3 is 4. The lowest BCUT2D eigenvalue weighted by Gasteiger charge is -2.20. The number of anilines is 3. The summed E-state index contributed by atoms with van der Waals surface area (Å²) in [5, 5.41) is 23.0. The van der Waals surface area contributed by atoms with Gasteiger partial charge in [-0.2, -0.15) is 0 Å². The maximum absolute atomic E-state index is 10.8. The van der Waals surface area contributed by atoms with Gasteiger partial charge in [0.25, 0.3) is 11.4 Å². The van der Waals surface area contributed by atoms with Crippen LogP contribution in [0.5, 0.6) is 0 Å². The van der Waals surface area contributed by atoms with E-state index in [1.165, 1.54) is 40.9 Å². The van der Waals surface area contributed by atoms with E-state index in [9.17, 15) is 20.2 Å². The predicted molar refractivity (Wildman–Crippen MR) is 214 cm³/mol. The molecule has 3 heterocycles. The molecule has 0 fully saturated rings. The molecule has 0 radical (unpaired) electrons. The average Bonchev–Trinajstić information content (AvgIpc) is 3.87. The number of nitrogen functional groups attached to an aromatic ring is 1. The quantitative estimate of drug-likeness (QED) is 0.0589. The fourth-order valence-electron chi connectivity index (χ4n) is 4.63. The largest absolute Gasteiger partial charge is 0.399 e. The molecule has 284 valence electrons. The Bertz CT molecular complexity index is 2080. The molecule has 0 bridgehead atoms. The van der Waals surface area contributed by atoms with Gasteiger partial charge in [-0.15, -0.1) is 11.3 Å². The van der Waals surface area contributed by atoms with Gasteiger partial charge in [-0.25, -0.2) is 15.0 Å². The van der Waals surface area contributed by atoms with Crippen molar-refractivity contribution in [2.24, 2.45) is 0 Å². The monoisotopic (exact) mass is 806 g/mol. The van der Waals surface area contributed by atoms with Crippen LogP contribution < -0.4 is 15.5 Å². The van der Waals surface area contributed by atoms with Crippen LogP contribution in [0.3, 0.4) is 0 Å². The van der Waals surface area contributed by atoms with Crippen molar-refractivity contribution >= 4 is 104 Å². The first-order valence-electron chi connectivity index (χ1n) is 15.9. The van der Waals surface area contributed by atoms with Gasteiger partial charge in [0.05, 0.1) is 66.9 Å². The van der Waals surface area contributed by atoms with Crippen molar-refractivity contribution in [3.05, 3.63) is 79.3 Å². The number of non-ortho nitro benzene ring substituents is 2. The van der Waals surface area contributed by atoms with Crippen molar-refractivity contribution in [2.45, 2.75) is 0 Å². The van der Waals surface area contributed by atoms with Crippen LogP contribution in [-0.4, -0.2) is 106 Å². The topological polar surface area (TPSA) is 194 Å². The van der Waals surface area contributed by atoms with Crippen LogP contribution in [-0.2, 0) is 18.9 Å². The van der Waals surface area contributed by atoms with E-state index in [-0.39, 0.29) is 11.4 Å². The number of nitrogens with two attached hydrogens (primary N) is 1. The highest BCUT2D eigenvalue weighted by Gasteiger charge is 2.15. The fraction of sp³-hybridized carbons (Fsp3) is 0.364. The highest BCUT2D eigenvalue weighted by atomic mass is 35.5. The molecule has 0 aliphatic rings. The lowest BCUT2D eigenvalue weighted by Crippen LogP contribution is -2.30. The van der Waals surface area contributed by atoms with E-state index in [1.807, 2.05) is 18.2 Å². The van der Waals surface area contributed by atoms with Gasteiger partial charge >= 0.3 is 0 Å². The molecule has 0 amide bonds. The summed E-state index contributed by atoms with van der Waals surface area (Å²) in [6, 6.07) is 15.0. The number of nitro groups is 2. The molecule has 0 atom stereocenters. The zero-order valence-electron chi connectivity index (χ0n) is 29.4. The minimum atomic E-state index is -0.437. The number of aromatic nitrogens is 3. The van der Waals surface area contributed by atoms with Crippen molar-refractivity contribution in [1.82, 2.24) is 15.0 Å². The zero-order valence-corrected chi connectivity index (χ0v) is 32.6. The van der Waals surface area contributed by atoms with Crippen molar-refractivity contribution < 1.29 is 28.8 Å². The summed E-state index contributed by atoms with van der Waals surface area (Å²) >= 11 is 9.97. The molecule has 0 unspecified atom stereocenters. The molecule has 3 aromatic carbocycles. The predicted octanol–water partition coefficient (Wildman–Crippen LogP) is 7.14. The molecule has 16 nitrogen and oxygen atoms in total. The smallest absolute Gasteiger partial charge is 0.270 e. The maximum Gasteiger partial charge on any atom is 0.270 e. The molecule has 0 aliphatic carbocycles. The van der Waals surface area contributed by atoms with Gasteiger partial charge in [0.2, 0.25) is 0 Å². The first kappa shape index (κ1) is 41.4. The van der Waals surface area contributed by atoms with Crippen molar-refractivity contribution in [3.8, 4) is 0 Å². The number of thiazole rings is 3. The van der Waals surface area contributed by atoms with Gasteiger partial charge in [0, 0.05) is 84.6 Å². The van der Waals surface area contributed by atoms with E-state index in [0.717, 1.165) is 54.2 Å². The second-order valence-electron chi connectivity index (χ2n) is 11.0. The van der Waals surface area contributed by atoms with Gasteiger partial charge in [-0.1, -0.05) is 34.3 Å². The van der Waals surface area contributed by atoms with Crippen LogP contribution in [0.25, 0.3) is 30.6 Å². The van der Waals surface area contributed by atoms with Gasteiger partial charge in [0.1, 0.15) is 0 Å². The summed E-state index contributed by atoms with van der Waals surface area (Å²) in [5.74, 6) is 0. The Balaban J connectivity index is 0.000000182. The number of nitro benzene ring substituents is 2. The molecular weight excluding hydrogens is 768 g/mol. The fourth-order valence-corrected chi connectivity index (χ4v) is 7.80. The van der Waals surface area contributed by atoms with Crippen LogP contribution in [0, 0.1) is 20.2 Å². The summed E-state index contributed by atoms with van der Waals surface area (Å²) in [5.41, 5.74) is 9.15. The number of fused-ring (bicyclic) bond motifs is 3. The molecule has 3 aromatic heterocycles. The van der Waals surface area contributed by atoms with E-state index in [2.05, 4.69) is 24.8 Å². The Morgan fingerprint density at radius 3 is 1.42 bits per heavy atom. The lowest BCUT2D eigenvalue weighted by molar-refractivity contribution is -0.384. The third kappa shape index (κ3) is 12.1. The van der Waals surface area contributed by atoms with E-state index < -0.39 is 9.85 Å². The molecular formula is C33H39ClN8O8S3. The highest BCUT2D eigenvalue weighted by molar-refractivity contribution is 7.22. The van der Waals surface area contributed by atoms with E-state index in [0.29, 0.717) is 49.5 Å². The zero-order chi connectivity index (χ0) is 38.3. The molecule has 0 saturated carbocycles. The number of benzene rings is 3. The summed E-state index contributed by atoms with van der Waals surface area (Å²) in [7, 11) is 6.70. The lowest BCUT2D eigenvalue weighted by atomic mass is 10.3. The third-order valence-electron chi connectivity index (χ3n) is 7.33. The third-order valence-corrected chi connectivity index (χ3v) is 10.6. The molecule has 53 heavy (non-hydrogen) atoms. The number of nitrogens with zero attached hydrogens (tertiary/aromatic N) is 7. The highest BCUT2D eigenvalue weighted by Crippen LogP contribution is 2.32. The van der Waals surface area contributed by atoms with Crippen molar-refractivity contribution in [2.75, 3.05) is 96.6 Å². The van der Waals surface area contributed by atoms with E-state index in [4.69, 9.17) is 36.3 Å². The van der Waals surface area contributed by atoms with Crippen molar-refractivity contribution in [1.29, 1.82) is 0 Å². The summed E-state index contributed by atoms with van der Waals surface area (Å²) in [4.78, 5) is 37.8. The minimum Gasteiger partial charge on any atom is -0.399 e. The standard InChI is InChI=1S/C13H17N3O4S.C13H19N3O2S.C7H3ClN2O2S/c1-19-7-5-15(6-8-20-2)13-14-11-4-3-10(16(17)18)9-12(11)21-13;1-17-7-5-16(6-8-18-2)13-15-11-4-3-10(14)9-12(11)19-13;8-7-9-5-2-1-4(10(11)12)3-6(5)13-7/h3-4,9H,5-8H2,1-2H3;3-4,9H,5-8,14H2,1-2H3;1-3H. The molecule has 6 aromatic rings. The number of rotatable bonds is 16. The normalized spacial score (nSPS) is 10.9. The van der Waals surface area contributed by atoms with Gasteiger partial charge < -0.3 is 34.5 Å².